The van der Waals surface area contributed by atoms with E-state index in [9.17, 15) is 9.59 Å². The van der Waals surface area contributed by atoms with Crippen molar-refractivity contribution in [1.29, 1.82) is 0 Å². The third-order valence-corrected chi connectivity index (χ3v) is 6.73. The van der Waals surface area contributed by atoms with E-state index in [1.165, 1.54) is 0 Å². The number of carbonyl (C=O) groups is 2. The van der Waals surface area contributed by atoms with Crippen molar-refractivity contribution >= 4 is 40.7 Å². The molecule has 0 bridgehead atoms. The molecule has 2 aromatic carbocycles. The Kier molecular flexibility index (Phi) is 7.49. The predicted octanol–water partition coefficient (Wildman–Crippen LogP) is 6.25. The van der Waals surface area contributed by atoms with Gasteiger partial charge in [-0.1, -0.05) is 54.2 Å². The lowest BCUT2D eigenvalue weighted by Gasteiger charge is -2.39. The Hall–Kier alpha value is -2.96. The number of amides is 2. The lowest BCUT2D eigenvalue weighted by molar-refractivity contribution is -0.148. The number of para-hydroxylation sites is 1. The van der Waals surface area contributed by atoms with Crippen LogP contribution in [-0.4, -0.2) is 28.9 Å². The Morgan fingerprint density at radius 1 is 1.09 bits per heavy atom. The second kappa shape index (κ2) is 10.5. The van der Waals surface area contributed by atoms with Crippen LogP contribution in [0.3, 0.4) is 0 Å². The van der Waals surface area contributed by atoms with Gasteiger partial charge >= 0.3 is 0 Å². The normalized spacial score (nSPS) is 14.6. The number of nitrogens with zero attached hydrogens (tertiary/aromatic N) is 1. The highest BCUT2D eigenvalue weighted by atomic mass is 35.5. The molecule has 1 heterocycles. The zero-order valence-corrected chi connectivity index (χ0v) is 20.4. The molecular weight excluding hydrogens is 475 g/mol. The second-order valence-electron chi connectivity index (χ2n) is 8.43. The molecule has 2 amide bonds. The number of carbonyl (C=O) groups excluding carboxylic acids is 2. The largest absolute Gasteiger partial charge is 0.482 e. The number of hydrogen-bond donors (Lipinski definition) is 1. The Morgan fingerprint density at radius 2 is 1.85 bits per heavy atom. The smallest absolute Gasteiger partial charge is 0.261 e. The van der Waals surface area contributed by atoms with Crippen LogP contribution in [0, 0.1) is 6.92 Å². The first kappa shape index (κ1) is 24.2. The standard InChI is InChI=1S/C26H26Cl2N2O4/c1-18-7-2-3-9-22(18)29-25(32)26(12-4-5-13-26)30(16-20-8-6-14-33-20)24(31)17-34-23-11-10-19(27)15-21(23)28/h2-3,6-11,14-15H,4-5,12-13,16-17H2,1H3,(H,29,32). The van der Waals surface area contributed by atoms with Gasteiger partial charge in [-0.15, -0.1) is 0 Å². The molecule has 0 saturated heterocycles. The summed E-state index contributed by atoms with van der Waals surface area (Å²) in [7, 11) is 0. The Morgan fingerprint density at radius 3 is 2.53 bits per heavy atom. The minimum atomic E-state index is -1.01. The molecule has 178 valence electrons. The number of furan rings is 1. The van der Waals surface area contributed by atoms with Crippen LogP contribution < -0.4 is 10.1 Å². The van der Waals surface area contributed by atoms with E-state index in [4.69, 9.17) is 32.4 Å². The minimum Gasteiger partial charge on any atom is -0.482 e. The number of anilines is 1. The minimum absolute atomic E-state index is 0.157. The van der Waals surface area contributed by atoms with Gasteiger partial charge in [0.25, 0.3) is 5.91 Å². The molecule has 1 aliphatic rings. The van der Waals surface area contributed by atoms with E-state index in [1.807, 2.05) is 31.2 Å². The van der Waals surface area contributed by atoms with Crippen LogP contribution >= 0.6 is 23.2 Å². The summed E-state index contributed by atoms with van der Waals surface area (Å²) in [5.74, 6) is 0.406. The number of nitrogens with one attached hydrogen (secondary N) is 1. The zero-order valence-electron chi connectivity index (χ0n) is 18.9. The van der Waals surface area contributed by atoms with Gasteiger partial charge in [0.15, 0.2) is 6.61 Å². The molecule has 34 heavy (non-hydrogen) atoms. The molecular formula is C26H26Cl2N2O4. The van der Waals surface area contributed by atoms with Crippen LogP contribution in [-0.2, 0) is 16.1 Å². The van der Waals surface area contributed by atoms with Gasteiger partial charge in [0.2, 0.25) is 5.91 Å². The monoisotopic (exact) mass is 500 g/mol. The van der Waals surface area contributed by atoms with Crippen LogP contribution in [0.15, 0.2) is 65.3 Å². The maximum Gasteiger partial charge on any atom is 0.261 e. The highest BCUT2D eigenvalue weighted by Gasteiger charge is 2.48. The number of aryl methyl sites for hydroxylation is 1. The van der Waals surface area contributed by atoms with Crippen LogP contribution in [0.4, 0.5) is 5.69 Å². The summed E-state index contributed by atoms with van der Waals surface area (Å²) < 4.78 is 11.3. The predicted molar refractivity (Wildman–Crippen MR) is 132 cm³/mol. The van der Waals surface area contributed by atoms with Crippen molar-refractivity contribution in [2.75, 3.05) is 11.9 Å². The first-order chi connectivity index (χ1) is 16.4. The highest BCUT2D eigenvalue weighted by Crippen LogP contribution is 2.38. The molecule has 1 aliphatic carbocycles. The van der Waals surface area contributed by atoms with E-state index in [1.54, 1.807) is 41.5 Å². The molecule has 0 spiro atoms. The van der Waals surface area contributed by atoms with Crippen molar-refractivity contribution < 1.29 is 18.7 Å². The number of rotatable bonds is 8. The summed E-state index contributed by atoms with van der Waals surface area (Å²) in [6.07, 6.45) is 4.34. The Bertz CT molecular complexity index is 1160. The summed E-state index contributed by atoms with van der Waals surface area (Å²) in [5, 5.41) is 3.84. The molecule has 6 nitrogen and oxygen atoms in total. The van der Waals surface area contributed by atoms with Crippen molar-refractivity contribution in [3.05, 3.63) is 82.2 Å². The molecule has 0 radical (unpaired) electrons. The topological polar surface area (TPSA) is 71.8 Å². The van der Waals surface area contributed by atoms with Crippen LogP contribution in [0.2, 0.25) is 10.0 Å². The highest BCUT2D eigenvalue weighted by molar-refractivity contribution is 6.35. The third kappa shape index (κ3) is 5.24. The summed E-state index contributed by atoms with van der Waals surface area (Å²) in [5.41, 5.74) is 0.668. The molecule has 1 aromatic heterocycles. The van der Waals surface area contributed by atoms with Crippen molar-refractivity contribution in [2.45, 2.75) is 44.7 Å². The van der Waals surface area contributed by atoms with Gasteiger partial charge in [-0.3, -0.25) is 9.59 Å². The van der Waals surface area contributed by atoms with Gasteiger partial charge < -0.3 is 19.4 Å². The molecule has 0 aliphatic heterocycles. The molecule has 3 aromatic rings. The summed E-state index contributed by atoms with van der Waals surface area (Å²) >= 11 is 12.2. The lowest BCUT2D eigenvalue weighted by Crippen LogP contribution is -2.58. The van der Waals surface area contributed by atoms with E-state index in [2.05, 4.69) is 5.32 Å². The van der Waals surface area contributed by atoms with Crippen LogP contribution in [0.5, 0.6) is 5.75 Å². The fraction of sp³-hybridized carbons (Fsp3) is 0.308. The van der Waals surface area contributed by atoms with Gasteiger partial charge in [0.1, 0.15) is 17.0 Å². The van der Waals surface area contributed by atoms with E-state index in [-0.39, 0.29) is 25.0 Å². The average molecular weight is 501 g/mol. The molecule has 8 heteroatoms. The first-order valence-corrected chi connectivity index (χ1v) is 11.9. The number of benzene rings is 2. The number of halogens is 2. The first-order valence-electron chi connectivity index (χ1n) is 11.2. The van der Waals surface area contributed by atoms with Crippen molar-refractivity contribution in [2.24, 2.45) is 0 Å². The van der Waals surface area contributed by atoms with Crippen molar-refractivity contribution in [3.8, 4) is 5.75 Å². The SMILES string of the molecule is Cc1ccccc1NC(=O)C1(N(Cc2ccco2)C(=O)COc2ccc(Cl)cc2Cl)CCCC1. The molecule has 1 saturated carbocycles. The van der Waals surface area contributed by atoms with Crippen LogP contribution in [0.1, 0.15) is 37.0 Å². The van der Waals surface area contributed by atoms with Crippen molar-refractivity contribution in [1.82, 2.24) is 4.90 Å². The third-order valence-electron chi connectivity index (χ3n) is 6.20. The maximum atomic E-state index is 13.7. The molecule has 1 fully saturated rings. The van der Waals surface area contributed by atoms with E-state index >= 15 is 0 Å². The van der Waals surface area contributed by atoms with Crippen molar-refractivity contribution in [3.63, 3.8) is 0 Å². The number of ether oxygens (including phenoxy) is 1. The fourth-order valence-corrected chi connectivity index (χ4v) is 4.84. The Labute approximate surface area is 208 Å². The molecule has 1 N–H and O–H groups in total. The Balaban J connectivity index is 1.61. The summed E-state index contributed by atoms with van der Waals surface area (Å²) in [4.78, 5) is 28.9. The summed E-state index contributed by atoms with van der Waals surface area (Å²) in [6.45, 7) is 1.82. The molecule has 0 atom stereocenters. The molecule has 4 rings (SSSR count). The quantitative estimate of drug-likeness (QED) is 0.396. The van der Waals surface area contributed by atoms with E-state index < -0.39 is 5.54 Å². The summed E-state index contributed by atoms with van der Waals surface area (Å²) in [6, 6.07) is 16.0. The van der Waals surface area contributed by atoms with Gasteiger partial charge in [-0.25, -0.2) is 0 Å². The van der Waals surface area contributed by atoms with Gasteiger partial charge in [-0.2, -0.15) is 0 Å². The van der Waals surface area contributed by atoms with Gasteiger partial charge in [-0.05, 0) is 61.7 Å². The maximum absolute atomic E-state index is 13.7. The second-order valence-corrected chi connectivity index (χ2v) is 9.27. The van der Waals surface area contributed by atoms with E-state index in [0.29, 0.717) is 34.4 Å². The zero-order chi connectivity index (χ0) is 24.1. The fourth-order valence-electron chi connectivity index (χ4n) is 4.38. The van der Waals surface area contributed by atoms with E-state index in [0.717, 1.165) is 24.1 Å². The van der Waals surface area contributed by atoms with Gasteiger partial charge in [0.05, 0.1) is 17.8 Å². The lowest BCUT2D eigenvalue weighted by atomic mass is 9.92. The van der Waals surface area contributed by atoms with Gasteiger partial charge in [0, 0.05) is 10.7 Å². The number of hydrogen-bond acceptors (Lipinski definition) is 4. The average Bonchev–Trinajstić information content (AvgIpc) is 3.51. The molecule has 0 unspecified atom stereocenters. The van der Waals surface area contributed by atoms with Crippen LogP contribution in [0.25, 0.3) is 0 Å².